The number of hydrogen-bond donors (Lipinski definition) is 6. The van der Waals surface area contributed by atoms with Crippen LogP contribution in [0.1, 0.15) is 187 Å². The summed E-state index contributed by atoms with van der Waals surface area (Å²) in [5.74, 6) is -4.38. The molecule has 0 rings (SSSR count). The van der Waals surface area contributed by atoms with Gasteiger partial charge in [-0.2, -0.15) is 0 Å². The van der Waals surface area contributed by atoms with Crippen molar-refractivity contribution in [1.82, 2.24) is 0 Å². The SMILES string of the molecule is CCCCCCCCCCCCCCC(=O)C(CC(=O)C(O)C(O)CO)(C(=O)CCCCCCCCCCCCCC)C(=O)C(O)C(O)CO. The molecule has 0 bridgehead atoms. The Bertz CT molecular complexity index is 851. The zero-order valence-corrected chi connectivity index (χ0v) is 31.6. The molecule has 0 spiro atoms. The fraction of sp³-hybridized carbons (Fsp3) is 0.900. The Balaban J connectivity index is 5.51. The largest absolute Gasteiger partial charge is 0.394 e. The Hall–Kier alpha value is -1.56. The number of carbonyl (C=O) groups excluding carboxylic acids is 4. The van der Waals surface area contributed by atoms with Crippen molar-refractivity contribution < 1.29 is 49.8 Å². The number of rotatable bonds is 37. The first-order valence-corrected chi connectivity index (χ1v) is 20.1. The zero-order chi connectivity index (χ0) is 37.6. The van der Waals surface area contributed by atoms with E-state index >= 15 is 0 Å². The highest BCUT2D eigenvalue weighted by Gasteiger charge is 2.55. The van der Waals surface area contributed by atoms with Gasteiger partial charge in [0, 0.05) is 19.3 Å². The summed E-state index contributed by atoms with van der Waals surface area (Å²) in [5.41, 5.74) is -2.70. The fourth-order valence-corrected chi connectivity index (χ4v) is 6.60. The van der Waals surface area contributed by atoms with Crippen LogP contribution in [0.2, 0.25) is 0 Å². The number of carbonyl (C=O) groups is 4. The lowest BCUT2D eigenvalue weighted by molar-refractivity contribution is -0.161. The number of ketones is 4. The van der Waals surface area contributed by atoms with Crippen LogP contribution < -0.4 is 0 Å². The molecule has 0 saturated carbocycles. The Kier molecular flexibility index (Phi) is 30.0. The average molecular weight is 715 g/mol. The molecule has 0 saturated heterocycles. The standard InChI is InChI=1S/C40H74O10/c1-3-5-7-9-11-13-15-17-19-21-23-25-27-35(46)40(39(50)38(49)34(45)31-42,29-32(43)37(48)33(44)30-41)36(47)28-26-24-22-20-18-16-14-12-10-8-6-4-2/h33-34,37-38,41-42,44-45,48-49H,3-31H2,1-2H3. The molecule has 10 nitrogen and oxygen atoms in total. The minimum atomic E-state index is -2.70. The van der Waals surface area contributed by atoms with Crippen LogP contribution in [0.25, 0.3) is 0 Å². The molecule has 0 aromatic rings. The van der Waals surface area contributed by atoms with Crippen molar-refractivity contribution in [3.63, 3.8) is 0 Å². The van der Waals surface area contributed by atoms with Gasteiger partial charge in [-0.15, -0.1) is 0 Å². The minimum Gasteiger partial charge on any atom is -0.394 e. The van der Waals surface area contributed by atoms with Gasteiger partial charge in [0.25, 0.3) is 0 Å². The van der Waals surface area contributed by atoms with Gasteiger partial charge in [-0.05, 0) is 12.8 Å². The summed E-state index contributed by atoms with van der Waals surface area (Å²) < 4.78 is 0. The highest BCUT2D eigenvalue weighted by molar-refractivity contribution is 6.27. The van der Waals surface area contributed by atoms with Crippen molar-refractivity contribution >= 4 is 23.1 Å². The van der Waals surface area contributed by atoms with Gasteiger partial charge in [-0.3, -0.25) is 19.2 Å². The molecule has 0 aromatic carbocycles. The van der Waals surface area contributed by atoms with Crippen LogP contribution in [-0.2, 0) is 19.2 Å². The van der Waals surface area contributed by atoms with Crippen molar-refractivity contribution in [1.29, 1.82) is 0 Å². The van der Waals surface area contributed by atoms with Gasteiger partial charge in [0.2, 0.25) is 0 Å². The smallest absolute Gasteiger partial charge is 0.185 e. The van der Waals surface area contributed by atoms with Crippen LogP contribution in [0.3, 0.4) is 0 Å². The molecule has 10 heteroatoms. The summed E-state index contributed by atoms with van der Waals surface area (Å²) in [6.07, 6.45) is 15.0. The Morgan fingerprint density at radius 1 is 0.440 bits per heavy atom. The van der Waals surface area contributed by atoms with E-state index in [2.05, 4.69) is 13.8 Å². The van der Waals surface area contributed by atoms with Crippen molar-refractivity contribution in [3.8, 4) is 0 Å². The van der Waals surface area contributed by atoms with Crippen molar-refractivity contribution in [2.75, 3.05) is 13.2 Å². The molecular formula is C40H74O10. The van der Waals surface area contributed by atoms with Gasteiger partial charge in [0.1, 0.15) is 24.4 Å². The molecule has 0 aliphatic carbocycles. The number of aliphatic hydroxyl groups is 6. The maximum atomic E-state index is 13.9. The van der Waals surface area contributed by atoms with Crippen molar-refractivity contribution in [3.05, 3.63) is 0 Å². The first-order chi connectivity index (χ1) is 24.0. The lowest BCUT2D eigenvalue weighted by Gasteiger charge is -2.33. The number of Topliss-reactive ketones (excluding diaryl/α,β-unsaturated/α-hetero) is 4. The van der Waals surface area contributed by atoms with Crippen LogP contribution in [-0.4, -0.2) is 91.4 Å². The molecule has 0 radical (unpaired) electrons. The predicted octanol–water partition coefficient (Wildman–Crippen LogP) is 6.25. The summed E-state index contributed by atoms with van der Waals surface area (Å²) >= 11 is 0. The number of aliphatic hydroxyl groups excluding tert-OH is 6. The summed E-state index contributed by atoms with van der Waals surface area (Å²) in [7, 11) is 0. The number of hydrogen-bond acceptors (Lipinski definition) is 10. The lowest BCUT2D eigenvalue weighted by Crippen LogP contribution is -2.56. The quantitative estimate of drug-likeness (QED) is 0.0317. The minimum absolute atomic E-state index is 0.235. The lowest BCUT2D eigenvalue weighted by atomic mass is 9.66. The first-order valence-electron chi connectivity index (χ1n) is 20.1. The third-order valence-electron chi connectivity index (χ3n) is 10.0. The fourth-order valence-electron chi connectivity index (χ4n) is 6.60. The summed E-state index contributed by atoms with van der Waals surface area (Å²) in [4.78, 5) is 54.7. The van der Waals surface area contributed by atoms with E-state index in [-0.39, 0.29) is 12.8 Å². The summed E-state index contributed by atoms with van der Waals surface area (Å²) in [6, 6.07) is 0. The first kappa shape index (κ1) is 48.4. The molecule has 0 fully saturated rings. The van der Waals surface area contributed by atoms with Gasteiger partial charge in [0.15, 0.2) is 28.5 Å². The van der Waals surface area contributed by atoms with Crippen LogP contribution in [0, 0.1) is 5.41 Å². The Morgan fingerprint density at radius 2 is 0.720 bits per heavy atom. The normalized spacial score (nSPS) is 14.3. The van der Waals surface area contributed by atoms with E-state index in [0.717, 1.165) is 51.4 Å². The second-order valence-electron chi connectivity index (χ2n) is 14.4. The zero-order valence-electron chi connectivity index (χ0n) is 31.6. The maximum Gasteiger partial charge on any atom is 0.185 e. The van der Waals surface area contributed by atoms with Gasteiger partial charge in [-0.1, -0.05) is 155 Å². The molecular weight excluding hydrogens is 640 g/mol. The van der Waals surface area contributed by atoms with Gasteiger partial charge in [-0.25, -0.2) is 0 Å². The molecule has 0 amide bonds. The highest BCUT2D eigenvalue weighted by atomic mass is 16.4. The van der Waals surface area contributed by atoms with E-state index < -0.39 is 72.6 Å². The Morgan fingerprint density at radius 3 is 1.02 bits per heavy atom. The van der Waals surface area contributed by atoms with Gasteiger partial charge in [0.05, 0.1) is 13.2 Å². The van der Waals surface area contributed by atoms with Crippen LogP contribution in [0.4, 0.5) is 0 Å². The summed E-state index contributed by atoms with van der Waals surface area (Å²) in [6.45, 7) is 2.40. The van der Waals surface area contributed by atoms with E-state index in [1.54, 1.807) is 0 Å². The Labute approximate surface area is 302 Å². The maximum absolute atomic E-state index is 13.9. The van der Waals surface area contributed by atoms with E-state index in [1.807, 2.05) is 0 Å². The average Bonchev–Trinajstić information content (AvgIpc) is 3.12. The number of unbranched alkanes of at least 4 members (excludes halogenated alkanes) is 22. The third kappa shape index (κ3) is 19.9. The molecule has 294 valence electrons. The van der Waals surface area contributed by atoms with Crippen LogP contribution in [0.5, 0.6) is 0 Å². The van der Waals surface area contributed by atoms with Crippen molar-refractivity contribution in [2.45, 2.75) is 212 Å². The molecule has 0 aliphatic heterocycles. The molecule has 6 N–H and O–H groups in total. The monoisotopic (exact) mass is 715 g/mol. The molecule has 0 aromatic heterocycles. The molecule has 4 unspecified atom stereocenters. The summed E-state index contributed by atoms with van der Waals surface area (Å²) in [5, 5.41) is 59.7. The van der Waals surface area contributed by atoms with Crippen molar-refractivity contribution in [2.24, 2.45) is 5.41 Å². The molecule has 0 aliphatic rings. The topological polar surface area (TPSA) is 190 Å². The highest BCUT2D eigenvalue weighted by Crippen LogP contribution is 2.35. The van der Waals surface area contributed by atoms with Gasteiger partial charge >= 0.3 is 0 Å². The third-order valence-corrected chi connectivity index (χ3v) is 10.0. The van der Waals surface area contributed by atoms with E-state index in [9.17, 15) is 49.8 Å². The second kappa shape index (κ2) is 31.0. The van der Waals surface area contributed by atoms with E-state index in [0.29, 0.717) is 25.7 Å². The van der Waals surface area contributed by atoms with E-state index in [4.69, 9.17) is 0 Å². The van der Waals surface area contributed by atoms with Crippen LogP contribution in [0.15, 0.2) is 0 Å². The van der Waals surface area contributed by atoms with Crippen LogP contribution >= 0.6 is 0 Å². The molecule has 4 atom stereocenters. The molecule has 0 heterocycles. The second-order valence-corrected chi connectivity index (χ2v) is 14.4. The van der Waals surface area contributed by atoms with Gasteiger partial charge < -0.3 is 30.6 Å². The molecule has 50 heavy (non-hydrogen) atoms. The van der Waals surface area contributed by atoms with E-state index in [1.165, 1.54) is 77.0 Å². The predicted molar refractivity (Wildman–Crippen MR) is 197 cm³/mol.